The van der Waals surface area contributed by atoms with Crippen molar-refractivity contribution >= 4 is 55.6 Å². The van der Waals surface area contributed by atoms with Crippen LogP contribution in [0.3, 0.4) is 0 Å². The third kappa shape index (κ3) is 3.40. The summed E-state index contributed by atoms with van der Waals surface area (Å²) in [6, 6.07) is 15.8. The molecule has 1 N–H and O–H groups in total. The van der Waals surface area contributed by atoms with Crippen LogP contribution in [0, 0.1) is 13.8 Å². The van der Waals surface area contributed by atoms with E-state index in [1.165, 1.54) is 10.4 Å². The highest BCUT2D eigenvalue weighted by Gasteiger charge is 2.21. The van der Waals surface area contributed by atoms with Crippen LogP contribution in [-0.4, -0.2) is 17.1 Å². The SMILES string of the molecule is CSc1ccccc1C(=O)Nc1sc(C)c(C)c1-c1nc2ccccc2s1. The lowest BCUT2D eigenvalue weighted by molar-refractivity contribution is 0.102. The molecule has 0 fully saturated rings. The molecule has 0 aliphatic heterocycles. The van der Waals surface area contributed by atoms with Crippen LogP contribution in [0.15, 0.2) is 53.4 Å². The first-order valence-corrected chi connectivity index (χ1v) is 11.3. The van der Waals surface area contributed by atoms with Crippen LogP contribution < -0.4 is 5.32 Å². The van der Waals surface area contributed by atoms with Gasteiger partial charge in [0, 0.05) is 15.3 Å². The van der Waals surface area contributed by atoms with Gasteiger partial charge in [-0.05, 0) is 49.9 Å². The van der Waals surface area contributed by atoms with E-state index in [9.17, 15) is 4.79 Å². The molecule has 0 spiro atoms. The highest BCUT2D eigenvalue weighted by atomic mass is 32.2. The summed E-state index contributed by atoms with van der Waals surface area (Å²) < 4.78 is 1.15. The van der Waals surface area contributed by atoms with E-state index in [-0.39, 0.29) is 5.91 Å². The average Bonchev–Trinajstić information content (AvgIpc) is 3.22. The minimum atomic E-state index is -0.0800. The number of thioether (sulfide) groups is 1. The number of nitrogens with one attached hydrogen (secondary N) is 1. The quantitative estimate of drug-likeness (QED) is 0.385. The number of hydrogen-bond donors (Lipinski definition) is 1. The number of fused-ring (bicyclic) bond motifs is 1. The first-order valence-electron chi connectivity index (χ1n) is 8.48. The molecule has 136 valence electrons. The van der Waals surface area contributed by atoms with Crippen molar-refractivity contribution in [3.05, 3.63) is 64.5 Å². The lowest BCUT2D eigenvalue weighted by atomic mass is 10.1. The molecule has 0 unspecified atom stereocenters. The number of benzene rings is 2. The zero-order valence-electron chi connectivity index (χ0n) is 15.2. The summed E-state index contributed by atoms with van der Waals surface area (Å²) >= 11 is 4.85. The van der Waals surface area contributed by atoms with Gasteiger partial charge < -0.3 is 5.32 Å². The van der Waals surface area contributed by atoms with Gasteiger partial charge in [-0.1, -0.05) is 24.3 Å². The number of aryl methyl sites for hydroxylation is 1. The highest BCUT2D eigenvalue weighted by Crippen LogP contribution is 2.43. The van der Waals surface area contributed by atoms with Gasteiger partial charge in [0.1, 0.15) is 10.0 Å². The Morgan fingerprint density at radius 3 is 2.56 bits per heavy atom. The number of rotatable bonds is 4. The Labute approximate surface area is 170 Å². The van der Waals surface area contributed by atoms with E-state index < -0.39 is 0 Å². The maximum atomic E-state index is 12.9. The normalized spacial score (nSPS) is 11.1. The number of nitrogens with zero attached hydrogens (tertiary/aromatic N) is 1. The maximum absolute atomic E-state index is 12.9. The van der Waals surface area contributed by atoms with Crippen molar-refractivity contribution in [3.63, 3.8) is 0 Å². The number of aromatic nitrogens is 1. The molecular formula is C21H18N2OS3. The number of para-hydroxylation sites is 1. The predicted molar refractivity (Wildman–Crippen MR) is 119 cm³/mol. The van der Waals surface area contributed by atoms with Crippen molar-refractivity contribution in [2.24, 2.45) is 0 Å². The van der Waals surface area contributed by atoms with Gasteiger partial charge >= 0.3 is 0 Å². The lowest BCUT2D eigenvalue weighted by Crippen LogP contribution is -2.12. The van der Waals surface area contributed by atoms with Gasteiger partial charge in [-0.15, -0.1) is 34.4 Å². The number of amides is 1. The molecule has 0 saturated carbocycles. The van der Waals surface area contributed by atoms with E-state index in [0.29, 0.717) is 5.56 Å². The first kappa shape index (κ1) is 18.2. The van der Waals surface area contributed by atoms with Gasteiger partial charge in [0.2, 0.25) is 0 Å². The summed E-state index contributed by atoms with van der Waals surface area (Å²) in [7, 11) is 0. The number of thiazole rings is 1. The molecule has 0 radical (unpaired) electrons. The fraction of sp³-hybridized carbons (Fsp3) is 0.143. The molecule has 2 aromatic carbocycles. The van der Waals surface area contributed by atoms with E-state index in [2.05, 4.69) is 25.2 Å². The molecule has 0 saturated heterocycles. The van der Waals surface area contributed by atoms with Gasteiger partial charge in [0.05, 0.1) is 15.8 Å². The molecule has 0 aliphatic rings. The predicted octanol–water partition coefficient (Wildman–Crippen LogP) is 6.62. The van der Waals surface area contributed by atoms with Crippen LogP contribution in [0.1, 0.15) is 20.8 Å². The van der Waals surface area contributed by atoms with Crippen LogP contribution in [0.4, 0.5) is 5.00 Å². The number of thiophene rings is 1. The highest BCUT2D eigenvalue weighted by molar-refractivity contribution is 7.98. The standard InChI is InChI=1S/C21H18N2OS3/c1-12-13(2)26-21(23-19(24)14-8-4-6-10-16(14)25-3)18(12)20-22-15-9-5-7-11-17(15)27-20/h4-11H,1-3H3,(H,23,24). The lowest BCUT2D eigenvalue weighted by Gasteiger charge is -2.08. The van der Waals surface area contributed by atoms with Crippen molar-refractivity contribution < 1.29 is 4.79 Å². The second kappa shape index (κ2) is 7.46. The summed E-state index contributed by atoms with van der Waals surface area (Å²) in [5.74, 6) is -0.0800. The monoisotopic (exact) mass is 410 g/mol. The van der Waals surface area contributed by atoms with Crippen LogP contribution in [0.2, 0.25) is 0 Å². The molecule has 6 heteroatoms. The molecule has 0 aliphatic carbocycles. The third-order valence-electron chi connectivity index (χ3n) is 4.47. The van der Waals surface area contributed by atoms with Gasteiger partial charge in [0.25, 0.3) is 5.91 Å². The molecule has 1 amide bonds. The van der Waals surface area contributed by atoms with E-state index in [1.807, 2.05) is 48.7 Å². The number of hydrogen-bond acceptors (Lipinski definition) is 5. The van der Waals surface area contributed by atoms with Gasteiger partial charge in [-0.25, -0.2) is 4.98 Å². The minimum absolute atomic E-state index is 0.0800. The van der Waals surface area contributed by atoms with Crippen molar-refractivity contribution in [2.75, 3.05) is 11.6 Å². The molecule has 4 rings (SSSR count). The Bertz CT molecular complexity index is 1110. The Kier molecular flexibility index (Phi) is 5.04. The summed E-state index contributed by atoms with van der Waals surface area (Å²) in [5.41, 5.74) is 3.90. The van der Waals surface area contributed by atoms with Crippen molar-refractivity contribution in [3.8, 4) is 10.6 Å². The molecule has 4 aromatic rings. The van der Waals surface area contributed by atoms with Crippen LogP contribution in [0.5, 0.6) is 0 Å². The zero-order chi connectivity index (χ0) is 19.0. The second-order valence-electron chi connectivity index (χ2n) is 6.13. The Morgan fingerprint density at radius 1 is 1.04 bits per heavy atom. The fourth-order valence-electron chi connectivity index (χ4n) is 2.95. The Hall–Kier alpha value is -2.15. The topological polar surface area (TPSA) is 42.0 Å². The van der Waals surface area contributed by atoms with Crippen LogP contribution >= 0.6 is 34.4 Å². The van der Waals surface area contributed by atoms with Gasteiger partial charge in [0.15, 0.2) is 0 Å². The van der Waals surface area contributed by atoms with E-state index >= 15 is 0 Å². The van der Waals surface area contributed by atoms with Crippen LogP contribution in [-0.2, 0) is 0 Å². The van der Waals surface area contributed by atoms with Crippen molar-refractivity contribution in [1.82, 2.24) is 4.98 Å². The van der Waals surface area contributed by atoms with E-state index in [1.54, 1.807) is 34.4 Å². The summed E-state index contributed by atoms with van der Waals surface area (Å²) in [6.07, 6.45) is 1.98. The molecule has 2 aromatic heterocycles. The average molecular weight is 411 g/mol. The number of carbonyl (C=O) groups excluding carboxylic acids is 1. The Balaban J connectivity index is 1.76. The second-order valence-corrected chi connectivity index (χ2v) is 9.23. The van der Waals surface area contributed by atoms with Crippen molar-refractivity contribution in [1.29, 1.82) is 0 Å². The molecule has 0 atom stereocenters. The van der Waals surface area contributed by atoms with E-state index in [0.717, 1.165) is 30.7 Å². The first-order chi connectivity index (χ1) is 13.1. The fourth-order valence-corrected chi connectivity index (χ4v) is 5.75. The van der Waals surface area contributed by atoms with E-state index in [4.69, 9.17) is 4.98 Å². The third-order valence-corrected chi connectivity index (χ3v) is 7.44. The smallest absolute Gasteiger partial charge is 0.257 e. The molecule has 2 heterocycles. The van der Waals surface area contributed by atoms with Gasteiger partial charge in [-0.2, -0.15) is 0 Å². The maximum Gasteiger partial charge on any atom is 0.257 e. The number of carbonyl (C=O) groups is 1. The van der Waals surface area contributed by atoms with Gasteiger partial charge in [-0.3, -0.25) is 4.79 Å². The minimum Gasteiger partial charge on any atom is -0.313 e. The summed E-state index contributed by atoms with van der Waals surface area (Å²) in [5, 5.41) is 4.96. The molecule has 27 heavy (non-hydrogen) atoms. The molecule has 3 nitrogen and oxygen atoms in total. The summed E-state index contributed by atoms with van der Waals surface area (Å²) in [6.45, 7) is 4.18. The van der Waals surface area contributed by atoms with Crippen molar-refractivity contribution in [2.45, 2.75) is 18.7 Å². The Morgan fingerprint density at radius 2 is 1.78 bits per heavy atom. The zero-order valence-corrected chi connectivity index (χ0v) is 17.6. The largest absolute Gasteiger partial charge is 0.313 e. The number of anilines is 1. The van der Waals surface area contributed by atoms with Crippen LogP contribution in [0.25, 0.3) is 20.8 Å². The molecular weight excluding hydrogens is 392 g/mol. The summed E-state index contributed by atoms with van der Waals surface area (Å²) in [4.78, 5) is 19.9. The molecule has 0 bridgehead atoms.